The Kier molecular flexibility index (Phi) is 9.00. The van der Waals surface area contributed by atoms with Crippen LogP contribution in [0.25, 0.3) is 0 Å². The fourth-order valence-electron chi connectivity index (χ4n) is 2.81. The highest BCUT2D eigenvalue weighted by atomic mass is 35.5. The second kappa shape index (κ2) is 11.2. The number of hydrogen-bond donors (Lipinski definition) is 1. The van der Waals surface area contributed by atoms with Gasteiger partial charge in [0.05, 0.1) is 0 Å². The molecule has 162 valence electrons. The van der Waals surface area contributed by atoms with Gasteiger partial charge in [-0.3, -0.25) is 9.59 Å². The van der Waals surface area contributed by atoms with Gasteiger partial charge in [-0.1, -0.05) is 48.3 Å². The summed E-state index contributed by atoms with van der Waals surface area (Å²) in [7, 11) is 0. The summed E-state index contributed by atoms with van der Waals surface area (Å²) in [5.41, 5.74) is 1.74. The summed E-state index contributed by atoms with van der Waals surface area (Å²) in [6, 6.07) is 11.9. The molecule has 0 bridgehead atoms. The Morgan fingerprint density at radius 1 is 1.13 bits per heavy atom. The molecule has 0 radical (unpaired) electrons. The number of rotatable bonds is 9. The molecule has 0 fully saturated rings. The van der Waals surface area contributed by atoms with Gasteiger partial charge in [-0.05, 0) is 62.6 Å². The maximum Gasteiger partial charge on any atom is 0.261 e. The fraction of sp³-hybridized carbons (Fsp3) is 0.391. The summed E-state index contributed by atoms with van der Waals surface area (Å²) < 4.78 is 5.67. The van der Waals surface area contributed by atoms with E-state index in [4.69, 9.17) is 27.9 Å². The number of amides is 2. The Bertz CT molecular complexity index is 889. The smallest absolute Gasteiger partial charge is 0.261 e. The first-order valence-electron chi connectivity index (χ1n) is 9.94. The van der Waals surface area contributed by atoms with Crippen molar-refractivity contribution in [2.24, 2.45) is 0 Å². The number of aryl methyl sites for hydroxylation is 1. The van der Waals surface area contributed by atoms with Crippen LogP contribution in [0.15, 0.2) is 42.5 Å². The van der Waals surface area contributed by atoms with E-state index in [1.54, 1.807) is 31.2 Å². The average molecular weight is 451 g/mol. The van der Waals surface area contributed by atoms with Crippen LogP contribution in [0, 0.1) is 6.92 Å². The Morgan fingerprint density at radius 2 is 1.87 bits per heavy atom. The highest BCUT2D eigenvalue weighted by molar-refractivity contribution is 6.35. The summed E-state index contributed by atoms with van der Waals surface area (Å²) >= 11 is 12.3. The number of halogens is 2. The van der Waals surface area contributed by atoms with Crippen molar-refractivity contribution in [2.45, 2.75) is 52.7 Å². The van der Waals surface area contributed by atoms with E-state index < -0.39 is 6.04 Å². The van der Waals surface area contributed by atoms with Crippen molar-refractivity contribution in [2.75, 3.05) is 6.61 Å². The van der Waals surface area contributed by atoms with Crippen LogP contribution in [0.5, 0.6) is 5.75 Å². The third-order valence-corrected chi connectivity index (χ3v) is 5.46. The number of benzene rings is 2. The molecule has 0 aliphatic carbocycles. The summed E-state index contributed by atoms with van der Waals surface area (Å²) in [6.07, 6.45) is 0.798. The fourth-order valence-corrected chi connectivity index (χ4v) is 3.28. The first kappa shape index (κ1) is 24.0. The molecule has 2 atom stereocenters. The molecule has 0 heterocycles. The molecule has 0 unspecified atom stereocenters. The molecule has 2 aromatic carbocycles. The van der Waals surface area contributed by atoms with Gasteiger partial charge in [0.1, 0.15) is 11.8 Å². The van der Waals surface area contributed by atoms with Gasteiger partial charge in [-0.15, -0.1) is 0 Å². The monoisotopic (exact) mass is 450 g/mol. The molecule has 1 N–H and O–H groups in total. The molecule has 0 saturated carbocycles. The Hall–Kier alpha value is -2.24. The van der Waals surface area contributed by atoms with Gasteiger partial charge in [-0.2, -0.15) is 0 Å². The van der Waals surface area contributed by atoms with E-state index >= 15 is 0 Å². The van der Waals surface area contributed by atoms with Crippen molar-refractivity contribution in [1.29, 1.82) is 0 Å². The van der Waals surface area contributed by atoms with Crippen molar-refractivity contribution in [3.05, 3.63) is 63.6 Å². The molecule has 0 aromatic heterocycles. The molecule has 5 nitrogen and oxygen atoms in total. The molecular weight excluding hydrogens is 423 g/mol. The number of nitrogens with zero attached hydrogens (tertiary/aromatic N) is 1. The molecule has 7 heteroatoms. The van der Waals surface area contributed by atoms with Crippen molar-refractivity contribution in [3.63, 3.8) is 0 Å². The Morgan fingerprint density at radius 3 is 2.50 bits per heavy atom. The molecular formula is C23H28Cl2N2O3. The Labute approximate surface area is 188 Å². The van der Waals surface area contributed by atoms with Crippen molar-refractivity contribution >= 4 is 35.0 Å². The normalized spacial score (nSPS) is 12.7. The third-order valence-electron chi connectivity index (χ3n) is 4.88. The van der Waals surface area contributed by atoms with Crippen molar-refractivity contribution in [3.8, 4) is 5.75 Å². The highest BCUT2D eigenvalue weighted by Crippen LogP contribution is 2.23. The van der Waals surface area contributed by atoms with Crippen molar-refractivity contribution < 1.29 is 14.3 Å². The quantitative estimate of drug-likeness (QED) is 0.583. The molecule has 30 heavy (non-hydrogen) atoms. The van der Waals surface area contributed by atoms with E-state index in [1.807, 2.05) is 39.0 Å². The predicted octanol–water partition coefficient (Wildman–Crippen LogP) is 5.01. The summed E-state index contributed by atoms with van der Waals surface area (Å²) in [4.78, 5) is 27.2. The van der Waals surface area contributed by atoms with Gasteiger partial charge in [-0.25, -0.2) is 0 Å². The lowest BCUT2D eigenvalue weighted by atomic mass is 10.1. The highest BCUT2D eigenvalue weighted by Gasteiger charge is 2.27. The Balaban J connectivity index is 2.20. The van der Waals surface area contributed by atoms with Gasteiger partial charge in [0.2, 0.25) is 5.91 Å². The molecule has 0 spiro atoms. The number of carbonyl (C=O) groups excluding carboxylic acids is 2. The van der Waals surface area contributed by atoms with Crippen LogP contribution in [0.4, 0.5) is 0 Å². The number of carbonyl (C=O) groups is 2. The van der Waals surface area contributed by atoms with E-state index in [9.17, 15) is 9.59 Å². The zero-order valence-corrected chi connectivity index (χ0v) is 19.3. The molecule has 0 saturated heterocycles. The summed E-state index contributed by atoms with van der Waals surface area (Å²) in [6.45, 7) is 7.54. The van der Waals surface area contributed by atoms with Gasteiger partial charge in [0.15, 0.2) is 6.61 Å². The molecule has 2 amide bonds. The van der Waals surface area contributed by atoms with E-state index in [2.05, 4.69) is 5.32 Å². The van der Waals surface area contributed by atoms with Gasteiger partial charge >= 0.3 is 0 Å². The van der Waals surface area contributed by atoms with Gasteiger partial charge < -0.3 is 15.0 Å². The molecule has 0 aliphatic heterocycles. The first-order chi connectivity index (χ1) is 14.2. The van der Waals surface area contributed by atoms with E-state index in [1.165, 1.54) is 4.90 Å². The lowest BCUT2D eigenvalue weighted by Gasteiger charge is -2.30. The van der Waals surface area contributed by atoms with E-state index in [0.717, 1.165) is 12.0 Å². The SMILES string of the molecule is CC[C@H](C)NC(=O)[C@@H](C)N(Cc1ccc(Cl)cc1Cl)C(=O)COc1cccc(C)c1. The lowest BCUT2D eigenvalue weighted by molar-refractivity contribution is -0.142. The zero-order valence-electron chi connectivity index (χ0n) is 17.7. The molecule has 2 rings (SSSR count). The van der Waals surface area contributed by atoms with Crippen LogP contribution in [0.1, 0.15) is 38.3 Å². The minimum atomic E-state index is -0.695. The predicted molar refractivity (Wildman–Crippen MR) is 121 cm³/mol. The van der Waals surface area contributed by atoms with Crippen LogP contribution in [0.3, 0.4) is 0 Å². The lowest BCUT2D eigenvalue weighted by Crippen LogP contribution is -2.50. The van der Waals surface area contributed by atoms with Crippen molar-refractivity contribution in [1.82, 2.24) is 10.2 Å². The molecule has 0 aliphatic rings. The maximum absolute atomic E-state index is 13.0. The standard InChI is InChI=1S/C23H28Cl2N2O3/c1-5-16(3)26-23(29)17(4)27(13-18-9-10-19(24)12-21(18)25)22(28)14-30-20-8-6-7-15(2)11-20/h6-12,16-17H,5,13-14H2,1-4H3,(H,26,29)/t16-,17+/m0/s1. The number of nitrogens with one attached hydrogen (secondary N) is 1. The minimum Gasteiger partial charge on any atom is -0.484 e. The number of hydrogen-bond acceptors (Lipinski definition) is 3. The minimum absolute atomic E-state index is 0.0135. The number of ether oxygens (including phenoxy) is 1. The maximum atomic E-state index is 13.0. The van der Waals surface area contributed by atoms with Crippen LogP contribution >= 0.6 is 23.2 Å². The van der Waals surface area contributed by atoms with Crippen LogP contribution in [-0.2, 0) is 16.1 Å². The summed E-state index contributed by atoms with van der Waals surface area (Å²) in [5, 5.41) is 3.87. The molecule has 2 aromatic rings. The average Bonchev–Trinajstić information content (AvgIpc) is 2.71. The van der Waals surface area contributed by atoms with Crippen LogP contribution < -0.4 is 10.1 Å². The van der Waals surface area contributed by atoms with Crippen LogP contribution in [0.2, 0.25) is 10.0 Å². The first-order valence-corrected chi connectivity index (χ1v) is 10.7. The van der Waals surface area contributed by atoms with Gasteiger partial charge in [0, 0.05) is 22.6 Å². The topological polar surface area (TPSA) is 58.6 Å². The summed E-state index contributed by atoms with van der Waals surface area (Å²) in [5.74, 6) is 0.0669. The second-order valence-corrected chi connectivity index (χ2v) is 8.20. The largest absolute Gasteiger partial charge is 0.484 e. The second-order valence-electron chi connectivity index (χ2n) is 7.36. The van der Waals surface area contributed by atoms with Gasteiger partial charge in [0.25, 0.3) is 5.91 Å². The zero-order chi connectivity index (χ0) is 22.3. The van der Waals surface area contributed by atoms with E-state index in [0.29, 0.717) is 21.4 Å². The third kappa shape index (κ3) is 6.92. The van der Waals surface area contributed by atoms with Crippen LogP contribution in [-0.4, -0.2) is 35.4 Å². The van der Waals surface area contributed by atoms with E-state index in [-0.39, 0.29) is 31.0 Å².